The molecule has 0 spiro atoms. The minimum Gasteiger partial charge on any atom is -0.273 e. The number of fused-ring (bicyclic) bond motifs is 2. The number of hydroxylamine groups is 1. The molecular formula is C27H18Cl2N2O3. The third-order valence-electron chi connectivity index (χ3n) is 6.41. The molecule has 34 heavy (non-hydrogen) atoms. The summed E-state index contributed by atoms with van der Waals surface area (Å²) in [5, 5.41) is 4.29. The maximum atomic E-state index is 13.9. The minimum absolute atomic E-state index is 0.319. The lowest BCUT2D eigenvalue weighted by molar-refractivity contribution is -0.126. The number of hydrogen-bond donors (Lipinski definition) is 0. The van der Waals surface area contributed by atoms with Crippen molar-refractivity contribution in [2.75, 3.05) is 9.96 Å². The maximum absolute atomic E-state index is 13.9. The molecule has 2 aliphatic heterocycles. The van der Waals surface area contributed by atoms with Crippen LogP contribution in [0.15, 0.2) is 91.0 Å². The molecule has 2 fully saturated rings. The van der Waals surface area contributed by atoms with Gasteiger partial charge in [0.2, 0.25) is 5.91 Å². The normalized spacial score (nSPS) is 22.0. The van der Waals surface area contributed by atoms with Crippen LogP contribution in [0.3, 0.4) is 0 Å². The third kappa shape index (κ3) is 3.20. The highest BCUT2D eigenvalue weighted by atomic mass is 35.5. The second kappa shape index (κ2) is 8.13. The average molecular weight is 489 g/mol. The van der Waals surface area contributed by atoms with E-state index in [1.807, 2.05) is 66.7 Å². The number of hydrogen-bond acceptors (Lipinski definition) is 4. The summed E-state index contributed by atoms with van der Waals surface area (Å²) in [6.07, 6.45) is -0.969. The van der Waals surface area contributed by atoms with E-state index in [0.717, 1.165) is 16.5 Å². The van der Waals surface area contributed by atoms with Crippen LogP contribution in [0.1, 0.15) is 11.6 Å². The molecule has 2 saturated heterocycles. The maximum Gasteiger partial charge on any atom is 0.266 e. The van der Waals surface area contributed by atoms with E-state index in [2.05, 4.69) is 0 Å². The molecule has 0 aliphatic carbocycles. The Labute approximate surface area is 206 Å². The molecule has 2 heterocycles. The number of halogens is 2. The average Bonchev–Trinajstić information content (AvgIpc) is 3.35. The summed E-state index contributed by atoms with van der Waals surface area (Å²) < 4.78 is 0. The highest BCUT2D eigenvalue weighted by molar-refractivity contribution is 6.35. The monoisotopic (exact) mass is 488 g/mol. The van der Waals surface area contributed by atoms with Crippen LogP contribution in [0.4, 0.5) is 11.4 Å². The number of carbonyl (C=O) groups is 2. The Morgan fingerprint density at radius 1 is 0.765 bits per heavy atom. The van der Waals surface area contributed by atoms with Crippen LogP contribution in [0.5, 0.6) is 0 Å². The van der Waals surface area contributed by atoms with Crippen molar-refractivity contribution in [3.8, 4) is 0 Å². The summed E-state index contributed by atoms with van der Waals surface area (Å²) >= 11 is 12.7. The van der Waals surface area contributed by atoms with E-state index in [0.29, 0.717) is 21.3 Å². The Morgan fingerprint density at radius 2 is 1.50 bits per heavy atom. The standard InChI is InChI=1S/C27H18Cl2N2O3/c28-17-13-14-20(21(29)15-17)24-23-25(34-31(24)18-9-2-1-3-10-18)27(33)30(26(23)32)22-12-6-8-16-7-4-5-11-19(16)22/h1-15,23-25H/t23-,24+,25+/m0/s1. The van der Waals surface area contributed by atoms with Crippen molar-refractivity contribution in [3.63, 3.8) is 0 Å². The predicted molar refractivity (Wildman–Crippen MR) is 133 cm³/mol. The van der Waals surface area contributed by atoms with Gasteiger partial charge in [-0.05, 0) is 41.3 Å². The number of benzene rings is 4. The van der Waals surface area contributed by atoms with Crippen LogP contribution in [0, 0.1) is 5.92 Å². The Morgan fingerprint density at radius 3 is 2.29 bits per heavy atom. The van der Waals surface area contributed by atoms with Crippen molar-refractivity contribution in [3.05, 3.63) is 107 Å². The van der Waals surface area contributed by atoms with E-state index in [1.54, 1.807) is 29.3 Å². The van der Waals surface area contributed by atoms with Gasteiger partial charge >= 0.3 is 0 Å². The summed E-state index contributed by atoms with van der Waals surface area (Å²) in [5.74, 6) is -1.48. The zero-order valence-corrected chi connectivity index (χ0v) is 19.3. The first-order valence-corrected chi connectivity index (χ1v) is 11.6. The van der Waals surface area contributed by atoms with Crippen LogP contribution in [0.2, 0.25) is 10.0 Å². The van der Waals surface area contributed by atoms with Gasteiger partial charge < -0.3 is 0 Å². The molecule has 2 amide bonds. The Bertz CT molecular complexity index is 1440. The first-order chi connectivity index (χ1) is 16.5. The number of amides is 2. The minimum atomic E-state index is -0.969. The van der Waals surface area contributed by atoms with Gasteiger partial charge in [0.1, 0.15) is 5.92 Å². The fourth-order valence-electron chi connectivity index (χ4n) is 4.91. The Balaban J connectivity index is 1.49. The SMILES string of the molecule is O=C1[C@H]2[C@@H](c3ccc(Cl)cc3Cl)N(c3ccccc3)O[C@H]2C(=O)N1c1cccc2ccccc12. The van der Waals surface area contributed by atoms with Gasteiger partial charge in [-0.2, -0.15) is 0 Å². The fraction of sp³-hybridized carbons (Fsp3) is 0.111. The number of rotatable bonds is 3. The van der Waals surface area contributed by atoms with Crippen LogP contribution < -0.4 is 9.96 Å². The summed E-state index contributed by atoms with van der Waals surface area (Å²) in [6, 6.07) is 27.2. The molecule has 0 unspecified atom stereocenters. The van der Waals surface area contributed by atoms with Gasteiger partial charge in [0.05, 0.1) is 17.4 Å². The molecule has 5 nitrogen and oxygen atoms in total. The Kier molecular flexibility index (Phi) is 5.06. The molecule has 0 bridgehead atoms. The smallest absolute Gasteiger partial charge is 0.266 e. The third-order valence-corrected chi connectivity index (χ3v) is 6.98. The van der Waals surface area contributed by atoms with E-state index in [9.17, 15) is 9.59 Å². The van der Waals surface area contributed by atoms with Crippen LogP contribution in [0.25, 0.3) is 10.8 Å². The zero-order valence-electron chi connectivity index (χ0n) is 17.8. The number of para-hydroxylation sites is 1. The fourth-order valence-corrected chi connectivity index (χ4v) is 5.43. The van der Waals surface area contributed by atoms with E-state index in [1.165, 1.54) is 4.90 Å². The molecule has 0 radical (unpaired) electrons. The van der Waals surface area contributed by atoms with Gasteiger partial charge in [-0.15, -0.1) is 0 Å². The van der Waals surface area contributed by atoms with Gasteiger partial charge in [0.15, 0.2) is 6.10 Å². The van der Waals surface area contributed by atoms with E-state index in [-0.39, 0.29) is 11.8 Å². The van der Waals surface area contributed by atoms with Gasteiger partial charge in [0, 0.05) is 15.4 Å². The predicted octanol–water partition coefficient (Wildman–Crippen LogP) is 6.20. The van der Waals surface area contributed by atoms with Crippen molar-refractivity contribution in [2.24, 2.45) is 5.92 Å². The van der Waals surface area contributed by atoms with Gasteiger partial charge in [-0.1, -0.05) is 83.9 Å². The lowest BCUT2D eigenvalue weighted by atomic mass is 9.90. The van der Waals surface area contributed by atoms with Gasteiger partial charge in [-0.25, -0.2) is 9.96 Å². The van der Waals surface area contributed by atoms with Gasteiger partial charge in [-0.3, -0.25) is 14.4 Å². The molecule has 7 heteroatoms. The first-order valence-electron chi connectivity index (χ1n) is 10.9. The van der Waals surface area contributed by atoms with Crippen molar-refractivity contribution < 1.29 is 14.4 Å². The molecular weight excluding hydrogens is 471 g/mol. The van der Waals surface area contributed by atoms with E-state index in [4.69, 9.17) is 28.0 Å². The van der Waals surface area contributed by atoms with Crippen LogP contribution in [-0.4, -0.2) is 17.9 Å². The lowest BCUT2D eigenvalue weighted by Gasteiger charge is -2.29. The number of imide groups is 1. The molecule has 0 aromatic heterocycles. The topological polar surface area (TPSA) is 49.9 Å². The van der Waals surface area contributed by atoms with Crippen molar-refractivity contribution >= 4 is 57.2 Å². The lowest BCUT2D eigenvalue weighted by Crippen LogP contribution is -2.37. The second-order valence-electron chi connectivity index (χ2n) is 8.33. The largest absolute Gasteiger partial charge is 0.273 e. The molecule has 3 atom stereocenters. The highest BCUT2D eigenvalue weighted by Crippen LogP contribution is 2.49. The molecule has 4 aromatic carbocycles. The number of carbonyl (C=O) groups excluding carboxylic acids is 2. The quantitative estimate of drug-likeness (QED) is 0.322. The zero-order chi connectivity index (χ0) is 23.4. The summed E-state index contributed by atoms with van der Waals surface area (Å²) in [5.41, 5.74) is 1.95. The summed E-state index contributed by atoms with van der Waals surface area (Å²) in [4.78, 5) is 35.0. The number of nitrogens with zero attached hydrogens (tertiary/aromatic N) is 2. The molecule has 0 saturated carbocycles. The van der Waals surface area contributed by atoms with Crippen LogP contribution >= 0.6 is 23.2 Å². The Hall–Kier alpha value is -3.38. The molecule has 6 rings (SSSR count). The first kappa shape index (κ1) is 21.2. The van der Waals surface area contributed by atoms with Crippen molar-refractivity contribution in [1.82, 2.24) is 0 Å². The van der Waals surface area contributed by atoms with Gasteiger partial charge in [0.25, 0.3) is 5.91 Å². The summed E-state index contributed by atoms with van der Waals surface area (Å²) in [7, 11) is 0. The summed E-state index contributed by atoms with van der Waals surface area (Å²) in [6.45, 7) is 0. The number of anilines is 2. The molecule has 2 aliphatic rings. The highest BCUT2D eigenvalue weighted by Gasteiger charge is 2.60. The van der Waals surface area contributed by atoms with E-state index < -0.39 is 18.1 Å². The van der Waals surface area contributed by atoms with E-state index >= 15 is 0 Å². The van der Waals surface area contributed by atoms with Crippen molar-refractivity contribution in [1.29, 1.82) is 0 Å². The molecule has 4 aromatic rings. The second-order valence-corrected chi connectivity index (χ2v) is 9.18. The van der Waals surface area contributed by atoms with Crippen LogP contribution in [-0.2, 0) is 14.4 Å². The van der Waals surface area contributed by atoms with Crippen molar-refractivity contribution in [2.45, 2.75) is 12.1 Å². The molecule has 0 N–H and O–H groups in total. The molecule has 168 valence electrons.